The van der Waals surface area contributed by atoms with Gasteiger partial charge in [0, 0.05) is 6.54 Å². The molecule has 0 aromatic heterocycles. The van der Waals surface area contributed by atoms with Crippen LogP contribution in [0.2, 0.25) is 0 Å². The van der Waals surface area contributed by atoms with E-state index >= 15 is 0 Å². The van der Waals surface area contributed by atoms with E-state index in [1.54, 1.807) is 42.5 Å². The first kappa shape index (κ1) is 18.9. The maximum Gasteiger partial charge on any atom is 0.337 e. The fourth-order valence-corrected chi connectivity index (χ4v) is 2.35. The number of ether oxygens (including phenoxy) is 3. The van der Waals surface area contributed by atoms with E-state index in [-0.39, 0.29) is 13.3 Å². The van der Waals surface area contributed by atoms with Crippen LogP contribution in [0.3, 0.4) is 0 Å². The van der Waals surface area contributed by atoms with E-state index in [9.17, 15) is 14.4 Å². The third-order valence-electron chi connectivity index (χ3n) is 3.81. The van der Waals surface area contributed by atoms with E-state index in [0.29, 0.717) is 22.6 Å². The van der Waals surface area contributed by atoms with Gasteiger partial charge in [0.25, 0.3) is 0 Å². The van der Waals surface area contributed by atoms with Crippen LogP contribution in [0, 0.1) is 0 Å². The zero-order valence-corrected chi connectivity index (χ0v) is 14.9. The van der Waals surface area contributed by atoms with E-state index in [0.717, 1.165) is 5.56 Å². The van der Waals surface area contributed by atoms with Crippen molar-refractivity contribution in [3.8, 4) is 11.5 Å². The number of carbonyl (C=O) groups is 3. The van der Waals surface area contributed by atoms with Gasteiger partial charge in [-0.25, -0.2) is 10.2 Å². The second-order valence-electron chi connectivity index (χ2n) is 5.68. The summed E-state index contributed by atoms with van der Waals surface area (Å²) in [5, 5.41) is 6.21. The quantitative estimate of drug-likeness (QED) is 0.344. The first-order chi connectivity index (χ1) is 13.6. The Labute approximate surface area is 160 Å². The summed E-state index contributed by atoms with van der Waals surface area (Å²) in [6, 6.07) is 11.6. The molecule has 1 heterocycles. The van der Waals surface area contributed by atoms with E-state index in [2.05, 4.69) is 20.6 Å². The lowest BCUT2D eigenvalue weighted by Gasteiger charge is -2.05. The molecular weight excluding hydrogens is 366 g/mol. The number of benzene rings is 2. The number of amides is 2. The molecule has 0 atom stereocenters. The summed E-state index contributed by atoms with van der Waals surface area (Å²) in [7, 11) is 1.30. The maximum atomic E-state index is 11.8. The molecule has 0 aliphatic carbocycles. The van der Waals surface area contributed by atoms with E-state index in [1.807, 2.05) is 0 Å². The monoisotopic (exact) mass is 383 g/mol. The summed E-state index contributed by atoms with van der Waals surface area (Å²) < 4.78 is 15.1. The maximum absolute atomic E-state index is 11.8. The molecular formula is C19H17N3O6. The van der Waals surface area contributed by atoms with Crippen molar-refractivity contribution in [3.05, 3.63) is 59.2 Å². The van der Waals surface area contributed by atoms with Gasteiger partial charge in [0.1, 0.15) is 0 Å². The highest BCUT2D eigenvalue weighted by Gasteiger charge is 2.15. The number of rotatable bonds is 5. The Hall–Kier alpha value is -3.88. The molecule has 144 valence electrons. The second-order valence-corrected chi connectivity index (χ2v) is 5.68. The van der Waals surface area contributed by atoms with Crippen LogP contribution in [0.25, 0.3) is 0 Å². The largest absolute Gasteiger partial charge is 0.465 e. The van der Waals surface area contributed by atoms with Gasteiger partial charge in [-0.2, -0.15) is 5.10 Å². The van der Waals surface area contributed by atoms with Crippen molar-refractivity contribution in [2.75, 3.05) is 13.9 Å². The first-order valence-corrected chi connectivity index (χ1v) is 8.25. The highest BCUT2D eigenvalue weighted by Crippen LogP contribution is 2.32. The van der Waals surface area contributed by atoms with Crippen LogP contribution in [0.15, 0.2) is 47.6 Å². The average Bonchev–Trinajstić information content (AvgIpc) is 3.19. The van der Waals surface area contributed by atoms with Gasteiger partial charge in [-0.15, -0.1) is 0 Å². The minimum atomic E-state index is -0.900. The average molecular weight is 383 g/mol. The van der Waals surface area contributed by atoms with Crippen LogP contribution >= 0.6 is 0 Å². The summed E-state index contributed by atoms with van der Waals surface area (Å²) in [6.45, 7) is 0.318. The zero-order valence-electron chi connectivity index (χ0n) is 14.9. The molecule has 2 aromatic rings. The van der Waals surface area contributed by atoms with Crippen LogP contribution in [-0.2, 0) is 20.9 Å². The molecule has 9 heteroatoms. The highest BCUT2D eigenvalue weighted by molar-refractivity contribution is 6.35. The molecule has 0 bridgehead atoms. The molecule has 0 saturated heterocycles. The van der Waals surface area contributed by atoms with Crippen molar-refractivity contribution in [3.63, 3.8) is 0 Å². The third kappa shape index (κ3) is 4.64. The number of nitrogens with one attached hydrogen (secondary N) is 2. The first-order valence-electron chi connectivity index (χ1n) is 8.25. The zero-order chi connectivity index (χ0) is 19.9. The predicted octanol–water partition coefficient (Wildman–Crippen LogP) is 0.968. The van der Waals surface area contributed by atoms with E-state index < -0.39 is 17.8 Å². The Morgan fingerprint density at radius 2 is 1.82 bits per heavy atom. The second kappa shape index (κ2) is 8.67. The van der Waals surface area contributed by atoms with Gasteiger partial charge in [0.2, 0.25) is 6.79 Å². The molecule has 9 nitrogen and oxygen atoms in total. The van der Waals surface area contributed by atoms with Crippen molar-refractivity contribution in [1.29, 1.82) is 0 Å². The molecule has 2 aromatic carbocycles. The standard InChI is InChI=1S/C19H17N3O6/c1-26-19(25)14-5-2-12(3-6-14)10-21-22-18(24)17(23)20-9-13-4-7-15-16(8-13)28-11-27-15/h2-8,10H,9,11H2,1H3,(H,20,23)(H,22,24). The minimum absolute atomic E-state index is 0.154. The summed E-state index contributed by atoms with van der Waals surface area (Å²) in [5.41, 5.74) is 3.93. The van der Waals surface area contributed by atoms with Gasteiger partial charge >= 0.3 is 17.8 Å². The number of methoxy groups -OCH3 is 1. The highest BCUT2D eigenvalue weighted by atomic mass is 16.7. The van der Waals surface area contributed by atoms with Gasteiger partial charge in [0.05, 0.1) is 18.9 Å². The van der Waals surface area contributed by atoms with Gasteiger partial charge in [-0.05, 0) is 35.4 Å². The Bertz CT molecular complexity index is 924. The van der Waals surface area contributed by atoms with Gasteiger partial charge in [-0.3, -0.25) is 9.59 Å². The van der Waals surface area contributed by atoms with Crippen LogP contribution in [0.5, 0.6) is 11.5 Å². The molecule has 0 fully saturated rings. The summed E-state index contributed by atoms with van der Waals surface area (Å²) >= 11 is 0. The number of nitrogens with zero attached hydrogens (tertiary/aromatic N) is 1. The van der Waals surface area contributed by atoms with E-state index in [4.69, 9.17) is 9.47 Å². The number of carbonyl (C=O) groups excluding carboxylic acids is 3. The van der Waals surface area contributed by atoms with Crippen LogP contribution < -0.4 is 20.2 Å². The molecule has 3 rings (SSSR count). The summed E-state index contributed by atoms with van der Waals surface area (Å²) in [4.78, 5) is 35.0. The SMILES string of the molecule is COC(=O)c1ccc(C=NNC(=O)C(=O)NCc2ccc3c(c2)OCO3)cc1. The Balaban J connectivity index is 1.47. The molecule has 2 N–H and O–H groups in total. The molecule has 1 aliphatic rings. The fraction of sp³-hybridized carbons (Fsp3) is 0.158. The van der Waals surface area contributed by atoms with Crippen LogP contribution in [-0.4, -0.2) is 37.9 Å². The number of hydrazone groups is 1. The molecule has 28 heavy (non-hydrogen) atoms. The van der Waals surface area contributed by atoms with Crippen molar-refractivity contribution in [2.45, 2.75) is 6.54 Å². The van der Waals surface area contributed by atoms with E-state index in [1.165, 1.54) is 13.3 Å². The molecule has 0 radical (unpaired) electrons. The number of fused-ring (bicyclic) bond motifs is 1. The minimum Gasteiger partial charge on any atom is -0.465 e. The topological polar surface area (TPSA) is 115 Å². The van der Waals surface area contributed by atoms with Crippen molar-refractivity contribution in [1.82, 2.24) is 10.7 Å². The van der Waals surface area contributed by atoms with Gasteiger partial charge < -0.3 is 19.5 Å². The lowest BCUT2D eigenvalue weighted by Crippen LogP contribution is -2.37. The summed E-state index contributed by atoms with van der Waals surface area (Å²) in [5.74, 6) is -0.934. The molecule has 1 aliphatic heterocycles. The fourth-order valence-electron chi connectivity index (χ4n) is 2.35. The van der Waals surface area contributed by atoms with Gasteiger partial charge in [-0.1, -0.05) is 18.2 Å². The predicted molar refractivity (Wildman–Crippen MR) is 97.9 cm³/mol. The van der Waals surface area contributed by atoms with Crippen LogP contribution in [0.1, 0.15) is 21.5 Å². The van der Waals surface area contributed by atoms with Gasteiger partial charge in [0.15, 0.2) is 11.5 Å². The number of hydrogen-bond acceptors (Lipinski definition) is 7. The number of hydrogen-bond donors (Lipinski definition) is 2. The molecule has 0 saturated carbocycles. The molecule has 2 amide bonds. The van der Waals surface area contributed by atoms with Crippen molar-refractivity contribution >= 4 is 24.0 Å². The lowest BCUT2D eigenvalue weighted by molar-refractivity contribution is -0.139. The Kier molecular flexibility index (Phi) is 5.85. The lowest BCUT2D eigenvalue weighted by atomic mass is 10.1. The van der Waals surface area contributed by atoms with Crippen molar-refractivity contribution in [2.24, 2.45) is 5.10 Å². The molecule has 0 spiro atoms. The number of esters is 1. The third-order valence-corrected chi connectivity index (χ3v) is 3.81. The normalized spacial score (nSPS) is 11.9. The Morgan fingerprint density at radius 1 is 1.07 bits per heavy atom. The molecule has 0 unspecified atom stereocenters. The van der Waals surface area contributed by atoms with Crippen molar-refractivity contribution < 1.29 is 28.6 Å². The Morgan fingerprint density at radius 3 is 2.57 bits per heavy atom. The smallest absolute Gasteiger partial charge is 0.337 e. The summed E-state index contributed by atoms with van der Waals surface area (Å²) in [6.07, 6.45) is 1.35. The van der Waals surface area contributed by atoms with Crippen LogP contribution in [0.4, 0.5) is 0 Å².